The largest absolute Gasteiger partial charge is 0.573 e. The lowest BCUT2D eigenvalue weighted by molar-refractivity contribution is -0.274. The van der Waals surface area contributed by atoms with Gasteiger partial charge in [-0.05, 0) is 74.2 Å². The number of amidine groups is 1. The van der Waals surface area contributed by atoms with Gasteiger partial charge in [0.2, 0.25) is 5.88 Å². The number of carbonyl (C=O) groups excluding carboxylic acids is 1. The normalized spacial score (nSPS) is 14.1. The number of alkyl halides is 3. The van der Waals surface area contributed by atoms with E-state index < -0.39 is 29.7 Å². The molecule has 0 saturated carbocycles. The number of carbonyl (C=O) groups is 1. The van der Waals surface area contributed by atoms with Crippen molar-refractivity contribution < 1.29 is 36.6 Å². The summed E-state index contributed by atoms with van der Waals surface area (Å²) in [4.78, 5) is 19.0. The molecule has 1 fully saturated rings. The lowest BCUT2D eigenvalue weighted by atomic mass is 9.93. The molecule has 0 atom stereocenters. The Morgan fingerprint density at radius 3 is 2.27 bits per heavy atom. The van der Waals surface area contributed by atoms with Crippen molar-refractivity contribution in [2.75, 3.05) is 19.6 Å². The molecule has 13 heteroatoms. The molecule has 0 spiro atoms. The topological polar surface area (TPSA) is 137 Å². The molecule has 0 unspecified atom stereocenters. The Morgan fingerprint density at radius 1 is 1.00 bits per heavy atom. The van der Waals surface area contributed by atoms with Crippen molar-refractivity contribution in [3.63, 3.8) is 0 Å². The summed E-state index contributed by atoms with van der Waals surface area (Å²) in [7, 11) is 0. The number of hydrogen-bond donors (Lipinski definition) is 3. The summed E-state index contributed by atoms with van der Waals surface area (Å²) in [6.07, 6.45) is -2.64. The second-order valence-corrected chi connectivity index (χ2v) is 9.11. The van der Waals surface area contributed by atoms with Gasteiger partial charge in [0.15, 0.2) is 5.82 Å². The SMILES string of the molecule is N=C(N)c1ccc(Oc2nc(Oc3cccc(OC(F)(F)F)c3)c(C(=O)N3CCC(CCN)CC3)cc2F)cc1. The molecule has 40 heavy (non-hydrogen) atoms. The van der Waals surface area contributed by atoms with Crippen molar-refractivity contribution >= 4 is 11.7 Å². The van der Waals surface area contributed by atoms with E-state index in [0.717, 1.165) is 37.5 Å². The summed E-state index contributed by atoms with van der Waals surface area (Å²) in [5, 5.41) is 7.47. The molecule has 0 bridgehead atoms. The molecular weight excluding hydrogens is 534 g/mol. The highest BCUT2D eigenvalue weighted by Crippen LogP contribution is 2.34. The van der Waals surface area contributed by atoms with E-state index in [0.29, 0.717) is 31.1 Å². The van der Waals surface area contributed by atoms with Crippen molar-refractivity contribution in [1.29, 1.82) is 5.41 Å². The predicted octanol–water partition coefficient (Wildman–Crippen LogP) is 5.19. The summed E-state index contributed by atoms with van der Waals surface area (Å²) in [5.41, 5.74) is 11.3. The molecular formula is C27H27F4N5O4. The highest BCUT2D eigenvalue weighted by atomic mass is 19.4. The van der Waals surface area contributed by atoms with Gasteiger partial charge in [-0.25, -0.2) is 4.39 Å². The van der Waals surface area contributed by atoms with E-state index in [9.17, 15) is 18.0 Å². The molecule has 0 radical (unpaired) electrons. The Kier molecular flexibility index (Phi) is 8.73. The van der Waals surface area contributed by atoms with Crippen molar-refractivity contribution in [1.82, 2.24) is 9.88 Å². The minimum atomic E-state index is -4.93. The van der Waals surface area contributed by atoms with Gasteiger partial charge >= 0.3 is 6.36 Å². The fourth-order valence-corrected chi connectivity index (χ4v) is 4.25. The number of halogens is 4. The maximum absolute atomic E-state index is 15.2. The van der Waals surface area contributed by atoms with Crippen molar-refractivity contribution in [3.8, 4) is 29.0 Å². The van der Waals surface area contributed by atoms with Crippen LogP contribution in [0.3, 0.4) is 0 Å². The van der Waals surface area contributed by atoms with E-state index in [-0.39, 0.29) is 28.8 Å². The highest BCUT2D eigenvalue weighted by Gasteiger charge is 2.32. The minimum Gasteiger partial charge on any atom is -0.438 e. The number of nitrogens with zero attached hydrogens (tertiary/aromatic N) is 2. The third-order valence-electron chi connectivity index (χ3n) is 6.25. The number of nitrogens with two attached hydrogens (primary N) is 2. The van der Waals surface area contributed by atoms with Crippen LogP contribution in [-0.4, -0.2) is 47.6 Å². The van der Waals surface area contributed by atoms with Gasteiger partial charge in [-0.15, -0.1) is 13.2 Å². The number of amides is 1. The standard InChI is InChI=1S/C27H27F4N5O4/c28-22-15-21(26(37)36-12-9-16(8-11-32)10-13-36)24(39-19-2-1-3-20(14-19)40-27(29,30)31)35-25(22)38-18-6-4-17(5-7-18)23(33)34/h1-7,14-16H,8-13,32H2,(H3,33,34). The number of nitrogen functional groups attached to an aromatic ring is 1. The third-order valence-corrected chi connectivity index (χ3v) is 6.25. The van der Waals surface area contributed by atoms with E-state index in [1.165, 1.54) is 36.4 Å². The van der Waals surface area contributed by atoms with Crippen LogP contribution in [0, 0.1) is 17.1 Å². The van der Waals surface area contributed by atoms with Crippen LogP contribution in [0.5, 0.6) is 29.0 Å². The van der Waals surface area contributed by atoms with Crippen LogP contribution < -0.4 is 25.7 Å². The second-order valence-electron chi connectivity index (χ2n) is 9.11. The zero-order valence-electron chi connectivity index (χ0n) is 21.2. The summed E-state index contributed by atoms with van der Waals surface area (Å²) >= 11 is 0. The molecule has 3 aromatic rings. The van der Waals surface area contributed by atoms with Crippen LogP contribution in [0.25, 0.3) is 0 Å². The average Bonchev–Trinajstić information content (AvgIpc) is 2.90. The van der Waals surface area contributed by atoms with Crippen molar-refractivity contribution in [2.24, 2.45) is 17.4 Å². The van der Waals surface area contributed by atoms with E-state index in [4.69, 9.17) is 26.4 Å². The van der Waals surface area contributed by atoms with Gasteiger partial charge in [-0.3, -0.25) is 10.2 Å². The number of nitrogens with one attached hydrogen (secondary N) is 1. The fraction of sp³-hybridized carbons (Fsp3) is 0.296. The van der Waals surface area contributed by atoms with E-state index in [2.05, 4.69) is 9.72 Å². The molecule has 0 aliphatic carbocycles. The number of hydrogen-bond acceptors (Lipinski definition) is 7. The number of benzene rings is 2. The number of pyridine rings is 1. The monoisotopic (exact) mass is 561 g/mol. The smallest absolute Gasteiger partial charge is 0.438 e. The van der Waals surface area contributed by atoms with Crippen LogP contribution in [0.1, 0.15) is 35.2 Å². The molecule has 5 N–H and O–H groups in total. The quantitative estimate of drug-likeness (QED) is 0.186. The Bertz CT molecular complexity index is 1360. The lowest BCUT2D eigenvalue weighted by Gasteiger charge is -2.32. The molecule has 1 saturated heterocycles. The number of aromatic nitrogens is 1. The molecule has 1 aliphatic heterocycles. The molecule has 9 nitrogen and oxygen atoms in total. The fourth-order valence-electron chi connectivity index (χ4n) is 4.25. The molecule has 1 aliphatic rings. The predicted molar refractivity (Wildman–Crippen MR) is 137 cm³/mol. The van der Waals surface area contributed by atoms with E-state index in [1.54, 1.807) is 4.90 Å². The number of rotatable bonds is 9. The van der Waals surface area contributed by atoms with E-state index >= 15 is 4.39 Å². The molecule has 1 aromatic heterocycles. The summed E-state index contributed by atoms with van der Waals surface area (Å²) in [6.45, 7) is 1.38. The third kappa shape index (κ3) is 7.38. The molecule has 1 amide bonds. The van der Waals surface area contributed by atoms with Gasteiger partial charge in [0.25, 0.3) is 11.8 Å². The second kappa shape index (κ2) is 12.2. The first kappa shape index (κ1) is 28.6. The first-order valence-corrected chi connectivity index (χ1v) is 12.4. The molecule has 2 heterocycles. The zero-order valence-corrected chi connectivity index (χ0v) is 21.2. The Hall–Kier alpha value is -4.39. The Balaban J connectivity index is 1.65. The average molecular weight is 562 g/mol. The summed E-state index contributed by atoms with van der Waals surface area (Å²) in [6, 6.07) is 11.4. The van der Waals surface area contributed by atoms with Gasteiger partial charge in [0.05, 0.1) is 0 Å². The highest BCUT2D eigenvalue weighted by molar-refractivity contribution is 5.97. The summed E-state index contributed by atoms with van der Waals surface area (Å²) < 4.78 is 68.5. The van der Waals surface area contributed by atoms with Crippen molar-refractivity contribution in [2.45, 2.75) is 25.6 Å². The lowest BCUT2D eigenvalue weighted by Crippen LogP contribution is -2.39. The van der Waals surface area contributed by atoms with Crippen LogP contribution in [0.4, 0.5) is 17.6 Å². The van der Waals surface area contributed by atoms with Crippen LogP contribution in [-0.2, 0) is 0 Å². The minimum absolute atomic E-state index is 0.131. The Morgan fingerprint density at radius 2 is 1.65 bits per heavy atom. The number of likely N-dealkylation sites (tertiary alicyclic amines) is 1. The van der Waals surface area contributed by atoms with Gasteiger partial charge < -0.3 is 30.6 Å². The summed E-state index contributed by atoms with van der Waals surface area (Å²) in [5.74, 6) is -2.73. The van der Waals surface area contributed by atoms with Gasteiger partial charge in [0.1, 0.15) is 28.6 Å². The molecule has 2 aromatic carbocycles. The number of ether oxygens (including phenoxy) is 3. The molecule has 4 rings (SSSR count). The molecule has 212 valence electrons. The van der Waals surface area contributed by atoms with Gasteiger partial charge in [-0.1, -0.05) is 6.07 Å². The van der Waals surface area contributed by atoms with Gasteiger partial charge in [-0.2, -0.15) is 4.98 Å². The van der Waals surface area contributed by atoms with Crippen LogP contribution in [0.15, 0.2) is 54.6 Å². The van der Waals surface area contributed by atoms with Crippen LogP contribution >= 0.6 is 0 Å². The number of piperidine rings is 1. The van der Waals surface area contributed by atoms with Crippen LogP contribution in [0.2, 0.25) is 0 Å². The maximum Gasteiger partial charge on any atom is 0.573 e. The van der Waals surface area contributed by atoms with Crippen molar-refractivity contribution in [3.05, 3.63) is 71.5 Å². The Labute approximate surface area is 227 Å². The zero-order chi connectivity index (χ0) is 28.9. The maximum atomic E-state index is 15.2. The van der Waals surface area contributed by atoms with E-state index in [1.807, 2.05) is 0 Å². The van der Waals surface area contributed by atoms with Gasteiger partial charge in [0, 0.05) is 24.7 Å². The first-order chi connectivity index (χ1) is 19.0. The first-order valence-electron chi connectivity index (χ1n) is 12.4.